The second kappa shape index (κ2) is 4.38. The lowest BCUT2D eigenvalue weighted by atomic mass is 9.88. The van der Waals surface area contributed by atoms with Crippen LogP contribution in [0, 0.1) is 0 Å². The molecule has 0 radical (unpaired) electrons. The van der Waals surface area contributed by atoms with Gasteiger partial charge in [-0.3, -0.25) is 4.79 Å². The molecule has 1 amide bonds. The van der Waals surface area contributed by atoms with Crippen LogP contribution in [0.4, 0.5) is 8.78 Å². The summed E-state index contributed by atoms with van der Waals surface area (Å²) in [6, 6.07) is -0.299. The molecular formula is C8H15F2NO. The topological polar surface area (TPSA) is 29.1 Å². The summed E-state index contributed by atoms with van der Waals surface area (Å²) in [6.45, 7) is 5.33. The van der Waals surface area contributed by atoms with Crippen molar-refractivity contribution in [2.24, 2.45) is 0 Å². The lowest BCUT2D eigenvalue weighted by Gasteiger charge is -2.34. The molecule has 0 aromatic rings. The molecule has 0 bridgehead atoms. The van der Waals surface area contributed by atoms with E-state index in [4.69, 9.17) is 0 Å². The van der Waals surface area contributed by atoms with Gasteiger partial charge in [0.1, 0.15) is 0 Å². The Morgan fingerprint density at radius 2 is 1.83 bits per heavy atom. The zero-order valence-corrected chi connectivity index (χ0v) is 7.66. The summed E-state index contributed by atoms with van der Waals surface area (Å²) < 4.78 is 24.2. The molecule has 0 saturated heterocycles. The van der Waals surface area contributed by atoms with Crippen molar-refractivity contribution in [3.63, 3.8) is 0 Å². The van der Waals surface area contributed by atoms with Crippen molar-refractivity contribution in [1.29, 1.82) is 0 Å². The standard InChI is InChI=1S/C6H9F2NO.C2H6/c1-4(10)9-5-2-6(7,8)3-5;1-2/h5H,2-3H2,1H3,(H,9,10);1-2H3. The number of carbonyl (C=O) groups excluding carboxylic acids is 1. The number of nitrogens with one attached hydrogen (secondary N) is 1. The van der Waals surface area contributed by atoms with Crippen molar-refractivity contribution in [1.82, 2.24) is 5.32 Å². The van der Waals surface area contributed by atoms with E-state index in [0.717, 1.165) is 0 Å². The smallest absolute Gasteiger partial charge is 0.252 e. The van der Waals surface area contributed by atoms with Crippen LogP contribution in [0.3, 0.4) is 0 Å². The molecule has 0 heterocycles. The zero-order chi connectivity index (χ0) is 9.78. The van der Waals surface area contributed by atoms with E-state index in [2.05, 4.69) is 5.32 Å². The van der Waals surface area contributed by atoms with Crippen LogP contribution in [-0.2, 0) is 4.79 Å². The van der Waals surface area contributed by atoms with Crippen molar-refractivity contribution in [2.45, 2.75) is 45.6 Å². The normalized spacial score (nSPS) is 20.1. The SMILES string of the molecule is CC.CC(=O)NC1CC(F)(F)C1. The Bertz CT molecular complexity index is 151. The molecule has 1 saturated carbocycles. The third kappa shape index (κ3) is 3.64. The molecule has 0 aromatic heterocycles. The Balaban J connectivity index is 0.000000561. The number of halogens is 2. The predicted molar refractivity (Wildman–Crippen MR) is 43.1 cm³/mol. The van der Waals surface area contributed by atoms with E-state index < -0.39 is 5.92 Å². The first-order valence-corrected chi connectivity index (χ1v) is 4.14. The zero-order valence-electron chi connectivity index (χ0n) is 7.66. The van der Waals surface area contributed by atoms with Gasteiger partial charge in [0.05, 0.1) is 0 Å². The molecule has 1 rings (SSSR count). The van der Waals surface area contributed by atoms with Crippen molar-refractivity contribution in [3.8, 4) is 0 Å². The van der Waals surface area contributed by atoms with Gasteiger partial charge in [-0.2, -0.15) is 0 Å². The Hall–Kier alpha value is -0.670. The molecule has 2 nitrogen and oxygen atoms in total. The largest absolute Gasteiger partial charge is 0.353 e. The molecule has 1 N–H and O–H groups in total. The molecule has 0 atom stereocenters. The highest BCUT2D eigenvalue weighted by Gasteiger charge is 2.45. The summed E-state index contributed by atoms with van der Waals surface area (Å²) in [6.07, 6.45) is -0.404. The quantitative estimate of drug-likeness (QED) is 0.654. The first kappa shape index (κ1) is 11.3. The maximum Gasteiger partial charge on any atom is 0.252 e. The molecule has 4 heteroatoms. The van der Waals surface area contributed by atoms with Gasteiger partial charge in [-0.1, -0.05) is 13.8 Å². The minimum atomic E-state index is -2.53. The Kier molecular flexibility index (Phi) is 4.13. The maximum atomic E-state index is 12.1. The first-order chi connectivity index (χ1) is 5.49. The van der Waals surface area contributed by atoms with E-state index in [-0.39, 0.29) is 24.8 Å². The summed E-state index contributed by atoms with van der Waals surface area (Å²) in [4.78, 5) is 10.3. The monoisotopic (exact) mass is 179 g/mol. The molecule has 72 valence electrons. The molecule has 1 aliphatic rings. The molecule has 1 fully saturated rings. The van der Waals surface area contributed by atoms with Crippen LogP contribution in [0.1, 0.15) is 33.6 Å². The van der Waals surface area contributed by atoms with Crippen molar-refractivity contribution >= 4 is 5.91 Å². The van der Waals surface area contributed by atoms with Crippen LogP contribution in [0.5, 0.6) is 0 Å². The number of hydrogen-bond donors (Lipinski definition) is 1. The van der Waals surface area contributed by atoms with E-state index in [1.165, 1.54) is 6.92 Å². The van der Waals surface area contributed by atoms with Crippen LogP contribution < -0.4 is 5.32 Å². The molecule has 0 spiro atoms. The molecule has 12 heavy (non-hydrogen) atoms. The summed E-state index contributed by atoms with van der Waals surface area (Å²) >= 11 is 0. The van der Waals surface area contributed by atoms with Crippen molar-refractivity contribution in [2.75, 3.05) is 0 Å². The lowest BCUT2D eigenvalue weighted by molar-refractivity contribution is -0.127. The van der Waals surface area contributed by atoms with Crippen LogP contribution >= 0.6 is 0 Å². The lowest BCUT2D eigenvalue weighted by Crippen LogP contribution is -2.49. The number of hydrogen-bond acceptors (Lipinski definition) is 1. The summed E-state index contributed by atoms with van der Waals surface area (Å²) in [7, 11) is 0. The van der Waals surface area contributed by atoms with E-state index in [0.29, 0.717) is 0 Å². The van der Waals surface area contributed by atoms with Gasteiger partial charge in [-0.15, -0.1) is 0 Å². The minimum absolute atomic E-state index is 0.202. The van der Waals surface area contributed by atoms with Gasteiger partial charge < -0.3 is 5.32 Å². The van der Waals surface area contributed by atoms with Gasteiger partial charge >= 0.3 is 0 Å². The van der Waals surface area contributed by atoms with E-state index in [1.54, 1.807) is 0 Å². The third-order valence-electron chi connectivity index (χ3n) is 1.50. The van der Waals surface area contributed by atoms with Crippen LogP contribution in [0.25, 0.3) is 0 Å². The summed E-state index contributed by atoms with van der Waals surface area (Å²) in [5.41, 5.74) is 0. The van der Waals surface area contributed by atoms with Crippen molar-refractivity contribution in [3.05, 3.63) is 0 Å². The van der Waals surface area contributed by atoms with Gasteiger partial charge in [0.25, 0.3) is 5.92 Å². The highest BCUT2D eigenvalue weighted by Crippen LogP contribution is 2.37. The number of carbonyl (C=O) groups is 1. The highest BCUT2D eigenvalue weighted by molar-refractivity contribution is 5.73. The summed E-state index contributed by atoms with van der Waals surface area (Å²) in [5, 5.41) is 2.42. The second-order valence-corrected chi connectivity index (χ2v) is 2.66. The second-order valence-electron chi connectivity index (χ2n) is 2.66. The van der Waals surface area contributed by atoms with Crippen LogP contribution in [-0.4, -0.2) is 17.9 Å². The molecule has 0 aromatic carbocycles. The Morgan fingerprint density at radius 3 is 2.08 bits per heavy atom. The fourth-order valence-electron chi connectivity index (χ4n) is 1.05. The van der Waals surface area contributed by atoms with Gasteiger partial charge in [0.15, 0.2) is 0 Å². The van der Waals surface area contributed by atoms with Gasteiger partial charge in [0, 0.05) is 25.8 Å². The third-order valence-corrected chi connectivity index (χ3v) is 1.50. The fraction of sp³-hybridized carbons (Fsp3) is 0.875. The molecule has 1 aliphatic carbocycles. The van der Waals surface area contributed by atoms with Crippen LogP contribution in [0.2, 0.25) is 0 Å². The first-order valence-electron chi connectivity index (χ1n) is 4.14. The maximum absolute atomic E-state index is 12.1. The average Bonchev–Trinajstić information content (AvgIpc) is 1.87. The molecule has 0 unspecified atom stereocenters. The van der Waals surface area contributed by atoms with Gasteiger partial charge in [0.2, 0.25) is 5.91 Å². The van der Waals surface area contributed by atoms with Gasteiger partial charge in [-0.05, 0) is 0 Å². The minimum Gasteiger partial charge on any atom is -0.353 e. The average molecular weight is 179 g/mol. The van der Waals surface area contributed by atoms with Gasteiger partial charge in [-0.25, -0.2) is 8.78 Å². The van der Waals surface area contributed by atoms with Crippen LogP contribution in [0.15, 0.2) is 0 Å². The molecule has 0 aliphatic heterocycles. The number of alkyl halides is 2. The Labute approximate surface area is 71.3 Å². The predicted octanol–water partition coefficient (Wildman–Crippen LogP) is 1.95. The molecular weight excluding hydrogens is 164 g/mol. The van der Waals surface area contributed by atoms with E-state index in [9.17, 15) is 13.6 Å². The van der Waals surface area contributed by atoms with E-state index in [1.807, 2.05) is 13.8 Å². The number of amides is 1. The highest BCUT2D eigenvalue weighted by atomic mass is 19.3. The number of rotatable bonds is 1. The van der Waals surface area contributed by atoms with E-state index >= 15 is 0 Å². The summed E-state index contributed by atoms with van der Waals surface area (Å²) in [5.74, 6) is -2.77. The van der Waals surface area contributed by atoms with Crippen molar-refractivity contribution < 1.29 is 13.6 Å². The Morgan fingerprint density at radius 1 is 1.42 bits per heavy atom. The fourth-order valence-corrected chi connectivity index (χ4v) is 1.05.